The highest BCUT2D eigenvalue weighted by molar-refractivity contribution is 7.99. The van der Waals surface area contributed by atoms with Crippen molar-refractivity contribution in [2.75, 3.05) is 5.75 Å². The SMILES string of the molecule is FC(F)C(F)CSc1nccc(Cl)n1. The van der Waals surface area contributed by atoms with E-state index in [0.29, 0.717) is 0 Å². The fourth-order valence-corrected chi connectivity index (χ4v) is 1.56. The Labute approximate surface area is 87.9 Å². The summed E-state index contributed by atoms with van der Waals surface area (Å²) in [5.74, 6) is -0.377. The summed E-state index contributed by atoms with van der Waals surface area (Å²) < 4.78 is 36.0. The smallest absolute Gasteiger partial charge is 0.240 e. The molecule has 0 spiro atoms. The first kappa shape index (κ1) is 11.6. The highest BCUT2D eigenvalue weighted by Crippen LogP contribution is 2.19. The van der Waals surface area contributed by atoms with Crippen molar-refractivity contribution in [1.29, 1.82) is 0 Å². The van der Waals surface area contributed by atoms with Gasteiger partial charge in [-0.25, -0.2) is 23.1 Å². The van der Waals surface area contributed by atoms with Crippen LogP contribution in [0.5, 0.6) is 0 Å². The maximum absolute atomic E-state index is 12.5. The zero-order valence-electron chi connectivity index (χ0n) is 6.83. The van der Waals surface area contributed by atoms with Crippen molar-refractivity contribution < 1.29 is 13.2 Å². The van der Waals surface area contributed by atoms with Crippen LogP contribution in [0.4, 0.5) is 13.2 Å². The van der Waals surface area contributed by atoms with E-state index in [1.807, 2.05) is 0 Å². The summed E-state index contributed by atoms with van der Waals surface area (Å²) >= 11 is 6.33. The Morgan fingerprint density at radius 3 is 2.71 bits per heavy atom. The first-order valence-electron chi connectivity index (χ1n) is 3.63. The minimum absolute atomic E-state index is 0.195. The molecule has 1 unspecified atom stereocenters. The van der Waals surface area contributed by atoms with Gasteiger partial charge in [0.2, 0.25) is 0 Å². The molecule has 0 saturated heterocycles. The summed E-state index contributed by atoms with van der Waals surface area (Å²) in [6.45, 7) is 0. The zero-order valence-corrected chi connectivity index (χ0v) is 8.40. The molecule has 7 heteroatoms. The Morgan fingerprint density at radius 1 is 1.43 bits per heavy atom. The second-order valence-electron chi connectivity index (χ2n) is 2.32. The number of alkyl halides is 3. The van der Waals surface area contributed by atoms with Gasteiger partial charge in [0.15, 0.2) is 11.3 Å². The average molecular weight is 243 g/mol. The molecule has 0 aliphatic heterocycles. The fourth-order valence-electron chi connectivity index (χ4n) is 0.616. The number of thioether (sulfide) groups is 1. The molecular weight excluding hydrogens is 237 g/mol. The Hall–Kier alpha value is -0.490. The highest BCUT2D eigenvalue weighted by Gasteiger charge is 2.19. The van der Waals surface area contributed by atoms with Crippen LogP contribution in [0.15, 0.2) is 17.4 Å². The lowest BCUT2D eigenvalue weighted by molar-refractivity contribution is 0.0628. The van der Waals surface area contributed by atoms with E-state index in [9.17, 15) is 13.2 Å². The van der Waals surface area contributed by atoms with E-state index < -0.39 is 12.6 Å². The number of hydrogen-bond donors (Lipinski definition) is 0. The average Bonchev–Trinajstić information content (AvgIpc) is 2.14. The Kier molecular flexibility index (Phi) is 4.47. The standard InChI is InChI=1S/C7H6ClF3N2S/c8-5-1-2-12-7(13-5)14-3-4(9)6(10)11/h1-2,4,6H,3H2. The first-order valence-corrected chi connectivity index (χ1v) is 4.99. The molecule has 1 aromatic rings. The van der Waals surface area contributed by atoms with Gasteiger partial charge in [-0.1, -0.05) is 23.4 Å². The van der Waals surface area contributed by atoms with Gasteiger partial charge in [0.05, 0.1) is 0 Å². The van der Waals surface area contributed by atoms with Gasteiger partial charge in [-0.05, 0) is 6.07 Å². The predicted octanol–water partition coefficient (Wildman–Crippen LogP) is 2.83. The lowest BCUT2D eigenvalue weighted by Gasteiger charge is -2.04. The lowest BCUT2D eigenvalue weighted by atomic mass is 10.5. The van der Waals surface area contributed by atoms with Crippen LogP contribution in [0, 0.1) is 0 Å². The van der Waals surface area contributed by atoms with E-state index in [0.717, 1.165) is 11.8 Å². The molecular formula is C7H6ClF3N2S. The minimum atomic E-state index is -2.97. The molecule has 0 saturated carbocycles. The van der Waals surface area contributed by atoms with Gasteiger partial charge in [0.1, 0.15) is 5.15 Å². The molecule has 0 bridgehead atoms. The number of nitrogens with zero attached hydrogens (tertiary/aromatic N) is 2. The van der Waals surface area contributed by atoms with Crippen LogP contribution in [0.3, 0.4) is 0 Å². The summed E-state index contributed by atoms with van der Waals surface area (Å²) in [5.41, 5.74) is 0. The van der Waals surface area contributed by atoms with E-state index in [1.165, 1.54) is 12.3 Å². The molecule has 0 N–H and O–H groups in total. The maximum atomic E-state index is 12.5. The van der Waals surface area contributed by atoms with Crippen molar-refractivity contribution in [3.05, 3.63) is 17.4 Å². The van der Waals surface area contributed by atoms with E-state index in [4.69, 9.17) is 11.6 Å². The molecule has 0 amide bonds. The van der Waals surface area contributed by atoms with Crippen LogP contribution >= 0.6 is 23.4 Å². The highest BCUT2D eigenvalue weighted by atomic mass is 35.5. The fraction of sp³-hybridized carbons (Fsp3) is 0.429. The topological polar surface area (TPSA) is 25.8 Å². The normalized spacial score (nSPS) is 13.2. The Bertz CT molecular complexity index is 300. The molecule has 0 aliphatic rings. The largest absolute Gasteiger partial charge is 0.270 e. The van der Waals surface area contributed by atoms with Crippen LogP contribution < -0.4 is 0 Å². The van der Waals surface area contributed by atoms with Crippen molar-refractivity contribution in [1.82, 2.24) is 9.97 Å². The molecule has 0 aliphatic carbocycles. The quantitative estimate of drug-likeness (QED) is 0.461. The number of rotatable bonds is 4. The molecule has 1 atom stereocenters. The summed E-state index contributed by atoms with van der Waals surface area (Å²) in [5, 5.41) is 0.399. The summed E-state index contributed by atoms with van der Waals surface area (Å²) in [7, 11) is 0. The van der Waals surface area contributed by atoms with E-state index in [2.05, 4.69) is 9.97 Å². The summed E-state index contributed by atoms with van der Waals surface area (Å²) in [6, 6.07) is 1.45. The van der Waals surface area contributed by atoms with Crippen LogP contribution in [-0.4, -0.2) is 28.3 Å². The van der Waals surface area contributed by atoms with E-state index in [-0.39, 0.29) is 16.1 Å². The van der Waals surface area contributed by atoms with Crippen molar-refractivity contribution in [2.24, 2.45) is 0 Å². The van der Waals surface area contributed by atoms with E-state index >= 15 is 0 Å². The second kappa shape index (κ2) is 5.41. The number of aromatic nitrogens is 2. The molecule has 0 aromatic carbocycles. The molecule has 0 radical (unpaired) electrons. The third-order valence-electron chi connectivity index (χ3n) is 1.24. The third-order valence-corrected chi connectivity index (χ3v) is 2.40. The third kappa shape index (κ3) is 3.71. The maximum Gasteiger partial charge on any atom is 0.270 e. The second-order valence-corrected chi connectivity index (χ2v) is 3.70. The van der Waals surface area contributed by atoms with Crippen LogP contribution in [0.25, 0.3) is 0 Å². The van der Waals surface area contributed by atoms with E-state index in [1.54, 1.807) is 0 Å². The first-order chi connectivity index (χ1) is 6.59. The van der Waals surface area contributed by atoms with Gasteiger partial charge < -0.3 is 0 Å². The number of halogens is 4. The summed E-state index contributed by atoms with van der Waals surface area (Å²) in [6.07, 6.45) is -3.75. The van der Waals surface area contributed by atoms with Crippen molar-refractivity contribution in [2.45, 2.75) is 17.8 Å². The van der Waals surface area contributed by atoms with Crippen molar-refractivity contribution in [3.63, 3.8) is 0 Å². The summed E-state index contributed by atoms with van der Waals surface area (Å²) in [4.78, 5) is 7.44. The van der Waals surface area contributed by atoms with Gasteiger partial charge in [0, 0.05) is 11.9 Å². The Balaban J connectivity index is 2.45. The zero-order chi connectivity index (χ0) is 10.6. The molecule has 1 aromatic heterocycles. The lowest BCUT2D eigenvalue weighted by Crippen LogP contribution is -2.14. The molecule has 1 rings (SSSR count). The molecule has 14 heavy (non-hydrogen) atoms. The molecule has 1 heterocycles. The molecule has 0 fully saturated rings. The van der Waals surface area contributed by atoms with Gasteiger partial charge in [-0.3, -0.25) is 0 Å². The van der Waals surface area contributed by atoms with Gasteiger partial charge in [-0.2, -0.15) is 0 Å². The molecule has 78 valence electrons. The van der Waals surface area contributed by atoms with Gasteiger partial charge >= 0.3 is 0 Å². The Morgan fingerprint density at radius 2 is 2.14 bits per heavy atom. The van der Waals surface area contributed by atoms with Gasteiger partial charge in [-0.15, -0.1) is 0 Å². The number of hydrogen-bond acceptors (Lipinski definition) is 3. The van der Waals surface area contributed by atoms with Crippen molar-refractivity contribution >= 4 is 23.4 Å². The van der Waals surface area contributed by atoms with Crippen LogP contribution in [0.1, 0.15) is 0 Å². The van der Waals surface area contributed by atoms with Crippen LogP contribution in [0.2, 0.25) is 5.15 Å². The minimum Gasteiger partial charge on any atom is -0.240 e. The van der Waals surface area contributed by atoms with Gasteiger partial charge in [0.25, 0.3) is 6.43 Å². The monoisotopic (exact) mass is 242 g/mol. The molecule has 2 nitrogen and oxygen atoms in total. The van der Waals surface area contributed by atoms with Crippen molar-refractivity contribution in [3.8, 4) is 0 Å². The predicted molar refractivity (Wildman–Crippen MR) is 48.7 cm³/mol. The van der Waals surface area contributed by atoms with Crippen LogP contribution in [-0.2, 0) is 0 Å².